The molecule has 0 spiro atoms. The van der Waals surface area contributed by atoms with E-state index in [0.717, 1.165) is 28.6 Å². The number of aryl methyl sites for hydroxylation is 1. The van der Waals surface area contributed by atoms with E-state index < -0.39 is 6.10 Å². The minimum absolute atomic E-state index is 0.474. The van der Waals surface area contributed by atoms with Crippen LogP contribution in [0.5, 0.6) is 0 Å². The summed E-state index contributed by atoms with van der Waals surface area (Å²) in [5.41, 5.74) is 1.89. The first-order chi connectivity index (χ1) is 8.56. The van der Waals surface area contributed by atoms with E-state index >= 15 is 0 Å². The molecule has 0 aliphatic carbocycles. The van der Waals surface area contributed by atoms with Crippen LogP contribution in [0.15, 0.2) is 23.7 Å². The summed E-state index contributed by atoms with van der Waals surface area (Å²) < 4.78 is 0. The predicted octanol–water partition coefficient (Wildman–Crippen LogP) is 2.54. The van der Waals surface area contributed by atoms with Gasteiger partial charge in [-0.1, -0.05) is 6.07 Å². The van der Waals surface area contributed by atoms with Gasteiger partial charge in [0.05, 0.1) is 23.4 Å². The maximum atomic E-state index is 9.43. The zero-order chi connectivity index (χ0) is 13.1. The molecule has 18 heavy (non-hydrogen) atoms. The van der Waals surface area contributed by atoms with Gasteiger partial charge in [-0.05, 0) is 25.5 Å². The molecule has 0 aromatic carbocycles. The van der Waals surface area contributed by atoms with E-state index in [1.54, 1.807) is 24.5 Å². The van der Waals surface area contributed by atoms with Crippen molar-refractivity contribution in [1.29, 1.82) is 0 Å². The number of nitrogens with zero attached hydrogens (tertiary/aromatic N) is 3. The zero-order valence-electron chi connectivity index (χ0n) is 10.8. The van der Waals surface area contributed by atoms with Crippen LogP contribution in [0.2, 0.25) is 0 Å². The average molecular weight is 263 g/mol. The summed E-state index contributed by atoms with van der Waals surface area (Å²) in [7, 11) is 1.99. The van der Waals surface area contributed by atoms with Gasteiger partial charge in [0.25, 0.3) is 0 Å². The van der Waals surface area contributed by atoms with Crippen molar-refractivity contribution in [3.63, 3.8) is 0 Å². The molecular weight excluding hydrogens is 246 g/mol. The first-order valence-electron chi connectivity index (χ1n) is 5.82. The Kier molecular flexibility index (Phi) is 3.93. The molecule has 1 atom stereocenters. The van der Waals surface area contributed by atoms with E-state index in [2.05, 4.69) is 15.3 Å². The molecule has 0 amide bonds. The minimum atomic E-state index is -0.474. The van der Waals surface area contributed by atoms with E-state index in [1.807, 2.05) is 31.0 Å². The summed E-state index contributed by atoms with van der Waals surface area (Å²) in [6.45, 7) is 4.48. The third kappa shape index (κ3) is 3.05. The summed E-state index contributed by atoms with van der Waals surface area (Å²) in [6.07, 6.45) is 1.24. The molecule has 0 aliphatic heterocycles. The lowest BCUT2D eigenvalue weighted by Crippen LogP contribution is -2.17. The smallest absolute Gasteiger partial charge is 0.128 e. The topological polar surface area (TPSA) is 49.2 Å². The summed E-state index contributed by atoms with van der Waals surface area (Å²) in [5.74, 6) is 0.880. The maximum Gasteiger partial charge on any atom is 0.128 e. The molecule has 0 bridgehead atoms. The molecule has 0 fully saturated rings. The molecule has 0 radical (unpaired) electrons. The van der Waals surface area contributed by atoms with Crippen molar-refractivity contribution in [1.82, 2.24) is 9.97 Å². The molecule has 5 heteroatoms. The van der Waals surface area contributed by atoms with Crippen LogP contribution in [0.3, 0.4) is 0 Å². The molecule has 0 aliphatic rings. The number of thiazole rings is 1. The van der Waals surface area contributed by atoms with Crippen molar-refractivity contribution in [2.75, 3.05) is 11.9 Å². The fraction of sp³-hybridized carbons (Fsp3) is 0.385. The molecule has 96 valence electrons. The van der Waals surface area contributed by atoms with Gasteiger partial charge in [-0.2, -0.15) is 0 Å². The maximum absolute atomic E-state index is 9.43. The van der Waals surface area contributed by atoms with Crippen molar-refractivity contribution in [3.05, 3.63) is 40.0 Å². The van der Waals surface area contributed by atoms with E-state index in [1.165, 1.54) is 0 Å². The number of rotatable bonds is 4. The number of anilines is 1. The number of hydrogen-bond donors (Lipinski definition) is 1. The fourth-order valence-electron chi connectivity index (χ4n) is 1.68. The Labute approximate surface area is 111 Å². The van der Waals surface area contributed by atoms with Crippen LogP contribution in [0, 0.1) is 6.92 Å². The molecule has 2 aromatic heterocycles. The van der Waals surface area contributed by atoms with Gasteiger partial charge in [0.15, 0.2) is 0 Å². The Morgan fingerprint density at radius 3 is 2.72 bits per heavy atom. The zero-order valence-corrected chi connectivity index (χ0v) is 11.6. The molecule has 2 heterocycles. The molecule has 0 saturated carbocycles. The van der Waals surface area contributed by atoms with E-state index in [9.17, 15) is 5.11 Å². The van der Waals surface area contributed by atoms with Crippen LogP contribution >= 0.6 is 11.3 Å². The van der Waals surface area contributed by atoms with Crippen molar-refractivity contribution >= 4 is 17.2 Å². The third-order valence-corrected chi connectivity index (χ3v) is 3.53. The molecule has 2 aromatic rings. The second-order valence-electron chi connectivity index (χ2n) is 4.34. The summed E-state index contributed by atoms with van der Waals surface area (Å²) in [5, 5.41) is 12.6. The number of pyridine rings is 1. The van der Waals surface area contributed by atoms with Gasteiger partial charge in [-0.25, -0.2) is 9.97 Å². The molecule has 0 unspecified atom stereocenters. The monoisotopic (exact) mass is 263 g/mol. The van der Waals surface area contributed by atoms with Crippen LogP contribution in [-0.2, 0) is 6.54 Å². The number of hydrogen-bond acceptors (Lipinski definition) is 5. The van der Waals surface area contributed by atoms with Crippen LogP contribution in [0.25, 0.3) is 0 Å². The van der Waals surface area contributed by atoms with Crippen molar-refractivity contribution in [2.24, 2.45) is 0 Å². The second-order valence-corrected chi connectivity index (χ2v) is 5.40. The molecule has 1 N–H and O–H groups in total. The van der Waals surface area contributed by atoms with Gasteiger partial charge in [0.2, 0.25) is 0 Å². The first-order valence-corrected chi connectivity index (χ1v) is 6.70. The quantitative estimate of drug-likeness (QED) is 0.921. The highest BCUT2D eigenvalue weighted by Gasteiger charge is 2.07. The Balaban J connectivity index is 2.06. The lowest BCUT2D eigenvalue weighted by Gasteiger charge is -2.17. The van der Waals surface area contributed by atoms with E-state index in [4.69, 9.17) is 0 Å². The van der Waals surface area contributed by atoms with E-state index in [0.29, 0.717) is 0 Å². The highest BCUT2D eigenvalue weighted by Crippen LogP contribution is 2.17. The van der Waals surface area contributed by atoms with Gasteiger partial charge >= 0.3 is 0 Å². The highest BCUT2D eigenvalue weighted by molar-refractivity contribution is 7.09. The SMILES string of the molecule is Cc1nc(CN(C)c2ccc([C@H](C)O)cn2)cs1. The minimum Gasteiger partial charge on any atom is -0.389 e. The molecular formula is C13H17N3OS. The Hall–Kier alpha value is -1.46. The molecule has 0 saturated heterocycles. The summed E-state index contributed by atoms with van der Waals surface area (Å²) in [6, 6.07) is 3.82. The van der Waals surface area contributed by atoms with Crippen molar-refractivity contribution in [3.8, 4) is 0 Å². The third-order valence-electron chi connectivity index (χ3n) is 2.71. The predicted molar refractivity (Wildman–Crippen MR) is 73.8 cm³/mol. The van der Waals surface area contributed by atoms with Crippen LogP contribution in [-0.4, -0.2) is 22.1 Å². The Morgan fingerprint density at radius 2 is 2.22 bits per heavy atom. The molecule has 2 rings (SSSR count). The van der Waals surface area contributed by atoms with Gasteiger partial charge in [-0.15, -0.1) is 11.3 Å². The van der Waals surface area contributed by atoms with E-state index in [-0.39, 0.29) is 0 Å². The lowest BCUT2D eigenvalue weighted by atomic mass is 10.2. The lowest BCUT2D eigenvalue weighted by molar-refractivity contribution is 0.199. The Bertz CT molecular complexity index is 507. The Morgan fingerprint density at radius 1 is 1.44 bits per heavy atom. The molecule has 4 nitrogen and oxygen atoms in total. The van der Waals surface area contributed by atoms with Gasteiger partial charge < -0.3 is 10.0 Å². The van der Waals surface area contributed by atoms with Crippen LogP contribution in [0.1, 0.15) is 29.3 Å². The number of aliphatic hydroxyl groups is 1. The normalized spacial score (nSPS) is 12.4. The number of aromatic nitrogens is 2. The summed E-state index contributed by atoms with van der Waals surface area (Å²) in [4.78, 5) is 10.8. The standard InChI is InChI=1S/C13H17N3OS/c1-9(17)11-4-5-13(14-6-11)16(3)7-12-8-18-10(2)15-12/h4-6,8-9,17H,7H2,1-3H3/t9-/m0/s1. The van der Waals surface area contributed by atoms with Gasteiger partial charge in [0.1, 0.15) is 5.82 Å². The number of aliphatic hydroxyl groups excluding tert-OH is 1. The largest absolute Gasteiger partial charge is 0.389 e. The van der Waals surface area contributed by atoms with Gasteiger partial charge in [0, 0.05) is 18.6 Å². The van der Waals surface area contributed by atoms with Crippen LogP contribution < -0.4 is 4.90 Å². The van der Waals surface area contributed by atoms with Crippen molar-refractivity contribution in [2.45, 2.75) is 26.5 Å². The first kappa shape index (κ1) is 13.0. The highest BCUT2D eigenvalue weighted by atomic mass is 32.1. The van der Waals surface area contributed by atoms with Gasteiger partial charge in [-0.3, -0.25) is 0 Å². The average Bonchev–Trinajstić information content (AvgIpc) is 2.75. The fourth-order valence-corrected chi connectivity index (χ4v) is 2.28. The van der Waals surface area contributed by atoms with Crippen molar-refractivity contribution < 1.29 is 5.11 Å². The second kappa shape index (κ2) is 5.46. The van der Waals surface area contributed by atoms with Crippen LogP contribution in [0.4, 0.5) is 5.82 Å². The summed E-state index contributed by atoms with van der Waals surface area (Å²) >= 11 is 1.66.